The van der Waals surface area contributed by atoms with Crippen LogP contribution in [0.25, 0.3) is 0 Å². The van der Waals surface area contributed by atoms with E-state index in [4.69, 9.17) is 27.6 Å². The molecule has 0 bridgehead atoms. The first-order valence-electron chi connectivity index (χ1n) is 5.57. The summed E-state index contributed by atoms with van der Waals surface area (Å²) in [6, 6.07) is 4.75. The second kappa shape index (κ2) is 5.59. The molecule has 1 N–H and O–H groups in total. The zero-order valence-electron chi connectivity index (χ0n) is 10.3. The van der Waals surface area contributed by atoms with Gasteiger partial charge in [-0.05, 0) is 18.2 Å². The molecule has 0 fully saturated rings. The van der Waals surface area contributed by atoms with E-state index in [0.29, 0.717) is 21.6 Å². The summed E-state index contributed by atoms with van der Waals surface area (Å²) in [6.45, 7) is 3.79. The molecule has 1 heterocycles. The molecule has 0 saturated carbocycles. The molecule has 2 rings (SSSR count). The Hall–Kier alpha value is -1.59. The summed E-state index contributed by atoms with van der Waals surface area (Å²) in [6.07, 6.45) is 0. The van der Waals surface area contributed by atoms with Crippen LogP contribution in [0.15, 0.2) is 22.6 Å². The third-order valence-corrected chi connectivity index (χ3v) is 2.86. The van der Waals surface area contributed by atoms with E-state index in [2.05, 4.69) is 15.5 Å². The van der Waals surface area contributed by atoms with E-state index in [9.17, 15) is 4.79 Å². The van der Waals surface area contributed by atoms with Gasteiger partial charge >= 0.3 is 11.8 Å². The molecule has 0 saturated heterocycles. The molecule has 5 nitrogen and oxygen atoms in total. The minimum atomic E-state index is -0.511. The lowest BCUT2D eigenvalue weighted by Gasteiger charge is -2.04. The van der Waals surface area contributed by atoms with Gasteiger partial charge in [-0.3, -0.25) is 4.79 Å². The minimum absolute atomic E-state index is 0.0631. The van der Waals surface area contributed by atoms with Crippen LogP contribution in [0.3, 0.4) is 0 Å². The fraction of sp³-hybridized carbons (Fsp3) is 0.250. The van der Waals surface area contributed by atoms with Gasteiger partial charge in [-0.25, -0.2) is 0 Å². The summed E-state index contributed by atoms with van der Waals surface area (Å²) >= 11 is 11.7. The first-order valence-corrected chi connectivity index (χ1v) is 6.32. The van der Waals surface area contributed by atoms with Gasteiger partial charge in [0.1, 0.15) is 0 Å². The molecular formula is C12H11Cl2N3O2. The average molecular weight is 300 g/mol. The Kier molecular flexibility index (Phi) is 4.07. The highest BCUT2D eigenvalue weighted by Crippen LogP contribution is 2.25. The third kappa shape index (κ3) is 3.24. The molecule has 0 aliphatic carbocycles. The topological polar surface area (TPSA) is 68.0 Å². The number of anilines is 1. The lowest BCUT2D eigenvalue weighted by molar-refractivity contribution is 0.0988. The Morgan fingerprint density at radius 2 is 2.05 bits per heavy atom. The number of nitrogens with zero attached hydrogens (tertiary/aromatic N) is 2. The summed E-state index contributed by atoms with van der Waals surface area (Å²) in [5.74, 6) is -0.140. The van der Waals surface area contributed by atoms with Crippen LogP contribution in [-0.4, -0.2) is 16.1 Å². The van der Waals surface area contributed by atoms with E-state index in [-0.39, 0.29) is 11.8 Å². The van der Waals surface area contributed by atoms with Crippen LogP contribution in [0.1, 0.15) is 36.3 Å². The van der Waals surface area contributed by atoms with Gasteiger partial charge in [-0.2, -0.15) is 0 Å². The number of aromatic nitrogens is 2. The van der Waals surface area contributed by atoms with Crippen molar-refractivity contribution in [2.24, 2.45) is 0 Å². The number of halogens is 2. The van der Waals surface area contributed by atoms with Crippen molar-refractivity contribution in [3.05, 3.63) is 40.0 Å². The molecule has 0 spiro atoms. The molecule has 0 radical (unpaired) electrons. The molecule has 2 aromatic rings. The number of hydrogen-bond donors (Lipinski definition) is 1. The Morgan fingerprint density at radius 1 is 1.32 bits per heavy atom. The second-order valence-corrected chi connectivity index (χ2v) is 5.02. The molecule has 1 aromatic carbocycles. The average Bonchev–Trinajstić information content (AvgIpc) is 2.82. The van der Waals surface area contributed by atoms with Gasteiger partial charge < -0.3 is 9.73 Å². The molecule has 0 unspecified atom stereocenters. The third-order valence-electron chi connectivity index (χ3n) is 2.31. The first-order chi connectivity index (χ1) is 8.97. The van der Waals surface area contributed by atoms with E-state index in [0.717, 1.165) is 0 Å². The SMILES string of the molecule is CC(C)c1nnc(C(=O)Nc2ccc(Cl)cc2Cl)o1. The highest BCUT2D eigenvalue weighted by atomic mass is 35.5. The summed E-state index contributed by atoms with van der Waals surface area (Å²) < 4.78 is 5.24. The molecule has 0 aliphatic heterocycles. The highest BCUT2D eigenvalue weighted by molar-refractivity contribution is 6.36. The minimum Gasteiger partial charge on any atom is -0.417 e. The molecule has 0 atom stereocenters. The van der Waals surface area contributed by atoms with Crippen LogP contribution in [0.2, 0.25) is 10.0 Å². The van der Waals surface area contributed by atoms with Crippen LogP contribution >= 0.6 is 23.2 Å². The van der Waals surface area contributed by atoms with Gasteiger partial charge in [-0.1, -0.05) is 37.0 Å². The largest absolute Gasteiger partial charge is 0.417 e. The molecule has 0 aliphatic rings. The van der Waals surface area contributed by atoms with Crippen LogP contribution in [0.5, 0.6) is 0 Å². The normalized spacial score (nSPS) is 10.8. The van der Waals surface area contributed by atoms with E-state index in [1.165, 1.54) is 6.07 Å². The van der Waals surface area contributed by atoms with Crippen molar-refractivity contribution in [3.63, 3.8) is 0 Å². The Balaban J connectivity index is 2.16. The van der Waals surface area contributed by atoms with Gasteiger partial charge in [-0.15, -0.1) is 10.2 Å². The van der Waals surface area contributed by atoms with E-state index < -0.39 is 5.91 Å². The van der Waals surface area contributed by atoms with Gasteiger partial charge in [0.25, 0.3) is 0 Å². The van der Waals surface area contributed by atoms with E-state index in [1.54, 1.807) is 12.1 Å². The lowest BCUT2D eigenvalue weighted by atomic mass is 10.2. The van der Waals surface area contributed by atoms with Crippen molar-refractivity contribution >= 4 is 34.8 Å². The summed E-state index contributed by atoms with van der Waals surface area (Å²) in [7, 11) is 0. The van der Waals surface area contributed by atoms with Gasteiger partial charge in [0.15, 0.2) is 0 Å². The number of nitrogens with one attached hydrogen (secondary N) is 1. The first kappa shape index (κ1) is 13.8. The summed E-state index contributed by atoms with van der Waals surface area (Å²) in [5, 5.41) is 10.9. The van der Waals surface area contributed by atoms with Gasteiger partial charge in [0, 0.05) is 10.9 Å². The number of carbonyl (C=O) groups excluding carboxylic acids is 1. The maximum Gasteiger partial charge on any atom is 0.313 e. The molecule has 19 heavy (non-hydrogen) atoms. The smallest absolute Gasteiger partial charge is 0.313 e. The number of hydrogen-bond acceptors (Lipinski definition) is 4. The fourth-order valence-electron chi connectivity index (χ4n) is 1.33. The highest BCUT2D eigenvalue weighted by Gasteiger charge is 2.17. The van der Waals surface area contributed by atoms with Crippen molar-refractivity contribution in [1.82, 2.24) is 10.2 Å². The van der Waals surface area contributed by atoms with Crippen molar-refractivity contribution in [2.45, 2.75) is 19.8 Å². The van der Waals surface area contributed by atoms with Crippen molar-refractivity contribution < 1.29 is 9.21 Å². The maximum atomic E-state index is 11.9. The molecule has 1 amide bonds. The lowest BCUT2D eigenvalue weighted by Crippen LogP contribution is -2.12. The zero-order chi connectivity index (χ0) is 14.0. The Labute approximate surface area is 119 Å². The Bertz CT molecular complexity index is 611. The van der Waals surface area contributed by atoms with Crippen LogP contribution in [0.4, 0.5) is 5.69 Å². The fourth-order valence-corrected chi connectivity index (χ4v) is 1.78. The number of rotatable bonds is 3. The van der Waals surface area contributed by atoms with Crippen LogP contribution < -0.4 is 5.32 Å². The Morgan fingerprint density at radius 3 is 2.63 bits per heavy atom. The van der Waals surface area contributed by atoms with E-state index >= 15 is 0 Å². The van der Waals surface area contributed by atoms with Gasteiger partial charge in [0.2, 0.25) is 5.89 Å². The molecule has 7 heteroatoms. The maximum absolute atomic E-state index is 11.9. The van der Waals surface area contributed by atoms with Crippen molar-refractivity contribution in [1.29, 1.82) is 0 Å². The van der Waals surface area contributed by atoms with Crippen LogP contribution in [-0.2, 0) is 0 Å². The molecule has 1 aromatic heterocycles. The van der Waals surface area contributed by atoms with Gasteiger partial charge in [0.05, 0.1) is 10.7 Å². The van der Waals surface area contributed by atoms with Crippen LogP contribution in [0, 0.1) is 0 Å². The zero-order valence-corrected chi connectivity index (χ0v) is 11.8. The monoisotopic (exact) mass is 299 g/mol. The predicted octanol–water partition coefficient (Wildman–Crippen LogP) is 3.75. The molecular weight excluding hydrogens is 289 g/mol. The summed E-state index contributed by atoms with van der Waals surface area (Å²) in [4.78, 5) is 11.9. The second-order valence-electron chi connectivity index (χ2n) is 4.18. The number of benzene rings is 1. The standard InChI is InChI=1S/C12H11Cl2N3O2/c1-6(2)11-16-17-12(19-11)10(18)15-9-4-3-7(13)5-8(9)14/h3-6H,1-2H3,(H,15,18). The van der Waals surface area contributed by atoms with Crippen molar-refractivity contribution in [3.8, 4) is 0 Å². The quantitative estimate of drug-likeness (QED) is 0.937. The van der Waals surface area contributed by atoms with Crippen molar-refractivity contribution in [2.75, 3.05) is 5.32 Å². The van der Waals surface area contributed by atoms with E-state index in [1.807, 2.05) is 13.8 Å². The predicted molar refractivity (Wildman–Crippen MR) is 72.8 cm³/mol. The summed E-state index contributed by atoms with van der Waals surface area (Å²) in [5.41, 5.74) is 0.431. The number of carbonyl (C=O) groups is 1. The molecule has 100 valence electrons. The number of amides is 1.